The van der Waals surface area contributed by atoms with Crippen LogP contribution in [0, 0.1) is 5.92 Å². The van der Waals surface area contributed by atoms with Gasteiger partial charge in [-0.05, 0) is 69.9 Å². The molecular weight excluding hydrogens is 456 g/mol. The summed E-state index contributed by atoms with van der Waals surface area (Å²) >= 11 is 0. The van der Waals surface area contributed by atoms with Gasteiger partial charge in [-0.25, -0.2) is 0 Å². The lowest BCUT2D eigenvalue weighted by molar-refractivity contribution is -0.133. The quantitative estimate of drug-likeness (QED) is 0.617. The van der Waals surface area contributed by atoms with E-state index in [-0.39, 0.29) is 30.6 Å². The number of amides is 2. The molecule has 8 heteroatoms. The number of likely N-dealkylation sites (tertiary alicyclic amines) is 1. The maximum absolute atomic E-state index is 13.4. The van der Waals surface area contributed by atoms with E-state index in [4.69, 9.17) is 14.6 Å². The van der Waals surface area contributed by atoms with E-state index >= 15 is 0 Å². The summed E-state index contributed by atoms with van der Waals surface area (Å²) in [6.45, 7) is 6.88. The zero-order valence-corrected chi connectivity index (χ0v) is 21.7. The van der Waals surface area contributed by atoms with E-state index in [9.17, 15) is 9.59 Å². The Bertz CT molecular complexity index is 1090. The standard InChI is InChI=1S/C28H38N4O4/c1-19-16-31(17-20(2)36-19)28(34)27-23-8-6-9-24(23)32(29-27)18-26(33)30-13-11-21(12-14-30)15-22-7-4-5-10-25(22)35-3/h4-5,7,10,19-21H,6,8-9,11-18H2,1-3H3/t19-,20+. The van der Waals surface area contributed by atoms with Crippen molar-refractivity contribution in [2.45, 2.75) is 71.1 Å². The van der Waals surface area contributed by atoms with Gasteiger partial charge in [0.2, 0.25) is 5.91 Å². The van der Waals surface area contributed by atoms with Crippen LogP contribution in [0.5, 0.6) is 5.75 Å². The van der Waals surface area contributed by atoms with E-state index in [1.807, 2.05) is 40.5 Å². The highest BCUT2D eigenvalue weighted by molar-refractivity contribution is 5.94. The topological polar surface area (TPSA) is 76.9 Å². The lowest BCUT2D eigenvalue weighted by Crippen LogP contribution is -2.48. The summed E-state index contributed by atoms with van der Waals surface area (Å²) in [5.41, 5.74) is 3.87. The molecule has 0 unspecified atom stereocenters. The number of benzene rings is 1. The molecule has 3 heterocycles. The van der Waals surface area contributed by atoms with Crippen LogP contribution in [0.2, 0.25) is 0 Å². The molecule has 0 N–H and O–H groups in total. The highest BCUT2D eigenvalue weighted by Gasteiger charge is 2.33. The maximum atomic E-state index is 13.4. The number of methoxy groups -OCH3 is 1. The van der Waals surface area contributed by atoms with Crippen molar-refractivity contribution in [2.75, 3.05) is 33.3 Å². The second-order valence-electron chi connectivity index (χ2n) is 10.6. The summed E-state index contributed by atoms with van der Waals surface area (Å²) < 4.78 is 13.1. The first-order chi connectivity index (χ1) is 17.4. The minimum atomic E-state index is -0.0292. The van der Waals surface area contributed by atoms with Gasteiger partial charge >= 0.3 is 0 Å². The van der Waals surface area contributed by atoms with Crippen molar-refractivity contribution in [1.29, 1.82) is 0 Å². The van der Waals surface area contributed by atoms with Crippen LogP contribution in [0.25, 0.3) is 0 Å². The average molecular weight is 495 g/mol. The number of aromatic nitrogens is 2. The van der Waals surface area contributed by atoms with Crippen LogP contribution < -0.4 is 4.74 Å². The van der Waals surface area contributed by atoms with Crippen molar-refractivity contribution in [2.24, 2.45) is 5.92 Å². The number of fused-ring (bicyclic) bond motifs is 1. The van der Waals surface area contributed by atoms with E-state index in [0.717, 1.165) is 68.6 Å². The van der Waals surface area contributed by atoms with Gasteiger partial charge in [0.1, 0.15) is 12.3 Å². The molecule has 8 nitrogen and oxygen atoms in total. The van der Waals surface area contributed by atoms with Gasteiger partial charge < -0.3 is 19.3 Å². The number of carbonyl (C=O) groups excluding carboxylic acids is 2. The molecule has 0 spiro atoms. The average Bonchev–Trinajstić information content (AvgIpc) is 3.48. The summed E-state index contributed by atoms with van der Waals surface area (Å²) in [6, 6.07) is 8.19. The fraction of sp³-hybridized carbons (Fsp3) is 0.607. The van der Waals surface area contributed by atoms with Crippen molar-refractivity contribution < 1.29 is 19.1 Å². The summed E-state index contributed by atoms with van der Waals surface area (Å²) in [6.07, 6.45) is 5.71. The van der Waals surface area contributed by atoms with Gasteiger partial charge in [-0.1, -0.05) is 18.2 Å². The summed E-state index contributed by atoms with van der Waals surface area (Å²) in [4.78, 5) is 30.4. The highest BCUT2D eigenvalue weighted by atomic mass is 16.5. The van der Waals surface area contributed by atoms with E-state index in [2.05, 4.69) is 12.1 Å². The van der Waals surface area contributed by atoms with Crippen molar-refractivity contribution in [1.82, 2.24) is 19.6 Å². The predicted molar refractivity (Wildman–Crippen MR) is 136 cm³/mol. The first-order valence-electron chi connectivity index (χ1n) is 13.4. The van der Waals surface area contributed by atoms with Crippen molar-refractivity contribution in [3.63, 3.8) is 0 Å². The Hall–Kier alpha value is -2.87. The number of hydrogen-bond donors (Lipinski definition) is 0. The third-order valence-electron chi connectivity index (χ3n) is 7.87. The van der Waals surface area contributed by atoms with Crippen molar-refractivity contribution in [3.8, 4) is 5.75 Å². The van der Waals surface area contributed by atoms with Gasteiger partial charge in [0, 0.05) is 37.4 Å². The molecule has 0 saturated carbocycles. The first-order valence-corrected chi connectivity index (χ1v) is 13.4. The molecule has 1 aliphatic carbocycles. The zero-order valence-electron chi connectivity index (χ0n) is 21.7. The van der Waals surface area contributed by atoms with Gasteiger partial charge in [0.25, 0.3) is 5.91 Å². The number of piperidine rings is 1. The van der Waals surface area contributed by atoms with Crippen LogP contribution in [0.4, 0.5) is 0 Å². The second kappa shape index (κ2) is 10.6. The van der Waals surface area contributed by atoms with E-state index < -0.39 is 0 Å². The molecule has 1 aromatic heterocycles. The lowest BCUT2D eigenvalue weighted by atomic mass is 9.90. The molecule has 0 bridgehead atoms. The van der Waals surface area contributed by atoms with Crippen LogP contribution in [0.15, 0.2) is 24.3 Å². The molecule has 2 saturated heterocycles. The monoisotopic (exact) mass is 494 g/mol. The van der Waals surface area contributed by atoms with Gasteiger partial charge in [-0.15, -0.1) is 0 Å². The maximum Gasteiger partial charge on any atom is 0.274 e. The number of rotatable bonds is 6. The van der Waals surface area contributed by atoms with E-state index in [0.29, 0.717) is 24.7 Å². The summed E-state index contributed by atoms with van der Waals surface area (Å²) in [5, 5.41) is 4.70. The Morgan fingerprint density at radius 1 is 1.06 bits per heavy atom. The Labute approximate surface area is 213 Å². The number of ether oxygens (including phenoxy) is 2. The molecule has 2 amide bonds. The van der Waals surface area contributed by atoms with Crippen LogP contribution in [0.1, 0.15) is 60.4 Å². The zero-order chi connectivity index (χ0) is 25.2. The SMILES string of the molecule is COc1ccccc1CC1CCN(C(=O)Cn2nc(C(=O)N3C[C@@H](C)O[C@@H](C)C3)c3c2CCC3)CC1. The van der Waals surface area contributed by atoms with Gasteiger partial charge in [-0.2, -0.15) is 5.10 Å². The molecule has 2 aliphatic heterocycles. The number of nitrogens with zero attached hydrogens (tertiary/aromatic N) is 4. The fourth-order valence-corrected chi connectivity index (χ4v) is 6.10. The molecule has 0 radical (unpaired) electrons. The molecule has 3 aliphatic rings. The normalized spacial score (nSPS) is 22.5. The molecule has 5 rings (SSSR count). The van der Waals surface area contributed by atoms with Gasteiger partial charge in [0.15, 0.2) is 5.69 Å². The number of hydrogen-bond acceptors (Lipinski definition) is 5. The van der Waals surface area contributed by atoms with Crippen LogP contribution in [-0.2, 0) is 35.3 Å². The Balaban J connectivity index is 1.21. The number of morpholine rings is 1. The predicted octanol–water partition coefficient (Wildman–Crippen LogP) is 3.11. The summed E-state index contributed by atoms with van der Waals surface area (Å²) in [5.74, 6) is 1.55. The minimum Gasteiger partial charge on any atom is -0.496 e. The van der Waals surface area contributed by atoms with E-state index in [1.165, 1.54) is 5.56 Å². The molecule has 2 aromatic rings. The number of carbonyl (C=O) groups is 2. The molecule has 2 atom stereocenters. The Morgan fingerprint density at radius 3 is 2.50 bits per heavy atom. The Morgan fingerprint density at radius 2 is 1.78 bits per heavy atom. The van der Waals surface area contributed by atoms with E-state index in [1.54, 1.807) is 7.11 Å². The third kappa shape index (κ3) is 5.14. The van der Waals surface area contributed by atoms with Crippen molar-refractivity contribution >= 4 is 11.8 Å². The van der Waals surface area contributed by atoms with Gasteiger partial charge in [-0.3, -0.25) is 14.3 Å². The highest BCUT2D eigenvalue weighted by Crippen LogP contribution is 2.29. The molecule has 194 valence electrons. The molecular formula is C28H38N4O4. The smallest absolute Gasteiger partial charge is 0.274 e. The molecule has 36 heavy (non-hydrogen) atoms. The largest absolute Gasteiger partial charge is 0.496 e. The van der Waals surface area contributed by atoms with Crippen LogP contribution in [-0.4, -0.2) is 76.9 Å². The molecule has 1 aromatic carbocycles. The van der Waals surface area contributed by atoms with Crippen LogP contribution >= 0.6 is 0 Å². The third-order valence-corrected chi connectivity index (χ3v) is 7.87. The first kappa shape index (κ1) is 24.8. The molecule has 2 fully saturated rings. The van der Waals surface area contributed by atoms with Crippen molar-refractivity contribution in [3.05, 3.63) is 46.8 Å². The lowest BCUT2D eigenvalue weighted by Gasteiger charge is -2.35. The Kier molecular flexibility index (Phi) is 7.32. The second-order valence-corrected chi connectivity index (χ2v) is 10.6. The summed E-state index contributed by atoms with van der Waals surface area (Å²) in [7, 11) is 1.72. The van der Waals surface area contributed by atoms with Gasteiger partial charge in [0.05, 0.1) is 19.3 Å². The number of para-hydroxylation sites is 1. The van der Waals surface area contributed by atoms with Crippen LogP contribution in [0.3, 0.4) is 0 Å². The fourth-order valence-electron chi connectivity index (χ4n) is 6.10. The minimum absolute atomic E-state index is 0.0142.